The molecule has 0 saturated carbocycles. The van der Waals surface area contributed by atoms with Crippen molar-refractivity contribution in [3.8, 4) is 0 Å². The first-order valence-electron chi connectivity index (χ1n) is 6.59. The van der Waals surface area contributed by atoms with Gasteiger partial charge in [-0.25, -0.2) is 4.39 Å². The van der Waals surface area contributed by atoms with E-state index in [4.69, 9.17) is 0 Å². The van der Waals surface area contributed by atoms with Crippen LogP contribution in [-0.4, -0.2) is 22.7 Å². The SMILES string of the molecule is CCC(O)CCNc1cc(C)nc2ccc(F)cc12. The number of nitrogens with one attached hydrogen (secondary N) is 1. The van der Waals surface area contributed by atoms with Crippen molar-refractivity contribution in [3.63, 3.8) is 0 Å². The zero-order valence-electron chi connectivity index (χ0n) is 11.3. The number of anilines is 1. The van der Waals surface area contributed by atoms with Gasteiger partial charge in [-0.2, -0.15) is 0 Å². The van der Waals surface area contributed by atoms with Gasteiger partial charge in [0, 0.05) is 23.3 Å². The van der Waals surface area contributed by atoms with Gasteiger partial charge in [-0.05, 0) is 44.0 Å². The molecule has 0 fully saturated rings. The van der Waals surface area contributed by atoms with Gasteiger partial charge in [-0.3, -0.25) is 4.98 Å². The van der Waals surface area contributed by atoms with E-state index >= 15 is 0 Å². The lowest BCUT2D eigenvalue weighted by atomic mass is 10.1. The summed E-state index contributed by atoms with van der Waals surface area (Å²) in [6.45, 7) is 4.52. The Morgan fingerprint density at radius 2 is 2.16 bits per heavy atom. The number of aliphatic hydroxyl groups excluding tert-OH is 1. The zero-order chi connectivity index (χ0) is 13.8. The Kier molecular flexibility index (Phi) is 4.32. The van der Waals surface area contributed by atoms with Crippen LogP contribution in [0.15, 0.2) is 24.3 Å². The van der Waals surface area contributed by atoms with E-state index < -0.39 is 0 Å². The van der Waals surface area contributed by atoms with Crippen molar-refractivity contribution in [1.82, 2.24) is 4.98 Å². The van der Waals surface area contributed by atoms with Gasteiger partial charge in [0.1, 0.15) is 5.82 Å². The molecule has 0 amide bonds. The zero-order valence-corrected chi connectivity index (χ0v) is 11.3. The number of aromatic nitrogens is 1. The number of benzene rings is 1. The Bertz CT molecular complexity index is 571. The van der Waals surface area contributed by atoms with Crippen molar-refractivity contribution in [3.05, 3.63) is 35.8 Å². The van der Waals surface area contributed by atoms with Crippen LogP contribution in [0.3, 0.4) is 0 Å². The van der Waals surface area contributed by atoms with Crippen LogP contribution in [-0.2, 0) is 0 Å². The standard InChI is InChI=1S/C15H19FN2O/c1-3-12(19)6-7-17-15-8-10(2)18-14-5-4-11(16)9-13(14)15/h4-5,8-9,12,19H,3,6-7H2,1-2H3,(H,17,18). The third-order valence-electron chi connectivity index (χ3n) is 3.16. The van der Waals surface area contributed by atoms with Gasteiger partial charge in [0.2, 0.25) is 0 Å². The van der Waals surface area contributed by atoms with Crippen LogP contribution in [0.2, 0.25) is 0 Å². The average Bonchev–Trinajstić information content (AvgIpc) is 2.39. The third kappa shape index (κ3) is 3.41. The minimum Gasteiger partial charge on any atom is -0.393 e. The second-order valence-corrected chi connectivity index (χ2v) is 4.75. The predicted octanol–water partition coefficient (Wildman–Crippen LogP) is 3.26. The Labute approximate surface area is 112 Å². The quantitative estimate of drug-likeness (QED) is 0.869. The molecule has 1 aromatic heterocycles. The molecule has 2 rings (SSSR count). The van der Waals surface area contributed by atoms with E-state index in [0.29, 0.717) is 13.0 Å². The summed E-state index contributed by atoms with van der Waals surface area (Å²) in [5.74, 6) is -0.269. The third-order valence-corrected chi connectivity index (χ3v) is 3.16. The maximum absolute atomic E-state index is 13.3. The maximum atomic E-state index is 13.3. The molecule has 102 valence electrons. The fourth-order valence-electron chi connectivity index (χ4n) is 2.05. The summed E-state index contributed by atoms with van der Waals surface area (Å²) in [5, 5.41) is 13.6. The minimum absolute atomic E-state index is 0.269. The summed E-state index contributed by atoms with van der Waals surface area (Å²) in [6.07, 6.45) is 1.12. The van der Waals surface area contributed by atoms with Gasteiger partial charge in [0.15, 0.2) is 0 Å². The lowest BCUT2D eigenvalue weighted by Crippen LogP contribution is -2.12. The Balaban J connectivity index is 2.23. The van der Waals surface area contributed by atoms with E-state index in [1.54, 1.807) is 6.07 Å². The van der Waals surface area contributed by atoms with Crippen molar-refractivity contribution in [2.75, 3.05) is 11.9 Å². The van der Waals surface area contributed by atoms with Crippen LogP contribution >= 0.6 is 0 Å². The molecule has 3 nitrogen and oxygen atoms in total. The lowest BCUT2D eigenvalue weighted by Gasteiger charge is -2.12. The van der Waals surface area contributed by atoms with Crippen LogP contribution in [0.4, 0.5) is 10.1 Å². The topological polar surface area (TPSA) is 45.1 Å². The number of fused-ring (bicyclic) bond motifs is 1. The van der Waals surface area contributed by atoms with Gasteiger partial charge in [-0.15, -0.1) is 0 Å². The van der Waals surface area contributed by atoms with Gasteiger partial charge in [-0.1, -0.05) is 6.92 Å². The highest BCUT2D eigenvalue weighted by molar-refractivity contribution is 5.91. The van der Waals surface area contributed by atoms with Gasteiger partial charge in [0.25, 0.3) is 0 Å². The molecule has 0 saturated heterocycles. The molecule has 0 radical (unpaired) electrons. The number of aryl methyl sites for hydroxylation is 1. The summed E-state index contributed by atoms with van der Waals surface area (Å²) < 4.78 is 13.3. The molecule has 1 atom stereocenters. The second kappa shape index (κ2) is 5.97. The summed E-state index contributed by atoms with van der Waals surface area (Å²) >= 11 is 0. The molecule has 0 bridgehead atoms. The summed E-state index contributed by atoms with van der Waals surface area (Å²) in [5.41, 5.74) is 2.53. The molecule has 1 aromatic carbocycles. The fourth-order valence-corrected chi connectivity index (χ4v) is 2.05. The van der Waals surface area contributed by atoms with Crippen molar-refractivity contribution >= 4 is 16.6 Å². The Hall–Kier alpha value is -1.68. The molecule has 0 aliphatic heterocycles. The van der Waals surface area contributed by atoms with Crippen molar-refractivity contribution in [1.29, 1.82) is 0 Å². The van der Waals surface area contributed by atoms with E-state index in [1.807, 2.05) is 19.9 Å². The molecule has 0 aliphatic rings. The molecular weight excluding hydrogens is 243 g/mol. The molecule has 4 heteroatoms. The number of aliphatic hydroxyl groups is 1. The number of nitrogens with zero attached hydrogens (tertiary/aromatic N) is 1. The Morgan fingerprint density at radius 3 is 2.89 bits per heavy atom. The molecular formula is C15H19FN2O. The highest BCUT2D eigenvalue weighted by atomic mass is 19.1. The van der Waals surface area contributed by atoms with Crippen LogP contribution in [0.1, 0.15) is 25.5 Å². The normalized spacial score (nSPS) is 12.6. The van der Waals surface area contributed by atoms with Gasteiger partial charge >= 0.3 is 0 Å². The number of hydrogen-bond acceptors (Lipinski definition) is 3. The van der Waals surface area contributed by atoms with E-state index in [0.717, 1.165) is 28.7 Å². The first-order chi connectivity index (χ1) is 9.10. The smallest absolute Gasteiger partial charge is 0.124 e. The van der Waals surface area contributed by atoms with Crippen LogP contribution in [0, 0.1) is 12.7 Å². The molecule has 0 aliphatic carbocycles. The molecule has 2 N–H and O–H groups in total. The lowest BCUT2D eigenvalue weighted by molar-refractivity contribution is 0.164. The van der Waals surface area contributed by atoms with Crippen LogP contribution in [0.5, 0.6) is 0 Å². The van der Waals surface area contributed by atoms with Crippen molar-refractivity contribution in [2.45, 2.75) is 32.8 Å². The predicted molar refractivity (Wildman–Crippen MR) is 75.8 cm³/mol. The van der Waals surface area contributed by atoms with E-state index in [1.165, 1.54) is 12.1 Å². The highest BCUT2D eigenvalue weighted by Gasteiger charge is 2.06. The summed E-state index contributed by atoms with van der Waals surface area (Å²) in [4.78, 5) is 4.38. The van der Waals surface area contributed by atoms with Crippen LogP contribution in [0.25, 0.3) is 10.9 Å². The maximum Gasteiger partial charge on any atom is 0.124 e. The number of rotatable bonds is 5. The summed E-state index contributed by atoms with van der Waals surface area (Å²) in [6, 6.07) is 6.49. The summed E-state index contributed by atoms with van der Waals surface area (Å²) in [7, 11) is 0. The molecule has 1 unspecified atom stereocenters. The number of hydrogen-bond donors (Lipinski definition) is 2. The molecule has 2 aromatic rings. The average molecular weight is 262 g/mol. The van der Waals surface area contributed by atoms with Crippen LogP contribution < -0.4 is 5.32 Å². The van der Waals surface area contributed by atoms with Gasteiger partial charge < -0.3 is 10.4 Å². The second-order valence-electron chi connectivity index (χ2n) is 4.75. The molecule has 0 spiro atoms. The van der Waals surface area contributed by atoms with Crippen molar-refractivity contribution < 1.29 is 9.50 Å². The highest BCUT2D eigenvalue weighted by Crippen LogP contribution is 2.24. The van der Waals surface area contributed by atoms with Crippen molar-refractivity contribution in [2.24, 2.45) is 0 Å². The molecule has 19 heavy (non-hydrogen) atoms. The monoisotopic (exact) mass is 262 g/mol. The van der Waals surface area contributed by atoms with Gasteiger partial charge in [0.05, 0.1) is 11.6 Å². The number of pyridine rings is 1. The Morgan fingerprint density at radius 1 is 1.37 bits per heavy atom. The first kappa shape index (κ1) is 13.7. The number of halogens is 1. The van der Waals surface area contributed by atoms with E-state index in [2.05, 4.69) is 10.3 Å². The van der Waals surface area contributed by atoms with E-state index in [9.17, 15) is 9.50 Å². The molecule has 1 heterocycles. The largest absolute Gasteiger partial charge is 0.393 e. The van der Waals surface area contributed by atoms with E-state index in [-0.39, 0.29) is 11.9 Å². The first-order valence-corrected chi connectivity index (χ1v) is 6.59. The minimum atomic E-state index is -0.293. The fraction of sp³-hybridized carbons (Fsp3) is 0.400.